The Morgan fingerprint density at radius 1 is 1.50 bits per heavy atom. The minimum absolute atomic E-state index is 0.108. The molecule has 1 aromatic carbocycles. The fourth-order valence-corrected chi connectivity index (χ4v) is 2.51. The summed E-state index contributed by atoms with van der Waals surface area (Å²) in [6.07, 6.45) is 0.108. The number of rotatable bonds is 6. The van der Waals surface area contributed by atoms with Gasteiger partial charge in [-0.2, -0.15) is 0 Å². The van der Waals surface area contributed by atoms with Crippen LogP contribution < -0.4 is 10.1 Å². The molecular weight excluding hydrogens is 276 g/mol. The number of nitrogens with one attached hydrogen (secondary N) is 1. The zero-order chi connectivity index (χ0) is 14.4. The molecule has 1 atom stereocenters. The number of nitrogens with zero attached hydrogens (tertiary/aromatic N) is 1. The molecule has 1 saturated heterocycles. The summed E-state index contributed by atoms with van der Waals surface area (Å²) in [5, 5.41) is 3.96. The van der Waals surface area contributed by atoms with Crippen molar-refractivity contribution in [1.29, 1.82) is 0 Å². The first-order chi connectivity index (χ1) is 9.70. The Hall–Kier alpha value is -0.810. The molecule has 1 heterocycles. The highest BCUT2D eigenvalue weighted by Crippen LogP contribution is 2.29. The van der Waals surface area contributed by atoms with Crippen LogP contribution in [0.3, 0.4) is 0 Å². The molecule has 0 spiro atoms. The molecule has 4 nitrogen and oxygen atoms in total. The van der Waals surface area contributed by atoms with Gasteiger partial charge in [0.1, 0.15) is 18.5 Å². The minimum Gasteiger partial charge on any atom is -0.489 e. The van der Waals surface area contributed by atoms with E-state index in [-0.39, 0.29) is 6.10 Å². The first-order valence-corrected chi connectivity index (χ1v) is 7.49. The van der Waals surface area contributed by atoms with Gasteiger partial charge >= 0.3 is 0 Å². The molecule has 0 bridgehead atoms. The molecular formula is C15H23ClN2O2. The smallest absolute Gasteiger partial charge is 0.142 e. The van der Waals surface area contributed by atoms with Crippen LogP contribution in [-0.4, -0.2) is 50.9 Å². The Morgan fingerprint density at radius 3 is 3.10 bits per heavy atom. The number of morpholine rings is 1. The second-order valence-electron chi connectivity index (χ2n) is 5.07. The lowest BCUT2D eigenvalue weighted by Crippen LogP contribution is -2.42. The number of para-hydroxylation sites is 1. The fourth-order valence-electron chi connectivity index (χ4n) is 2.26. The van der Waals surface area contributed by atoms with Crippen molar-refractivity contribution in [2.75, 3.05) is 39.9 Å². The summed E-state index contributed by atoms with van der Waals surface area (Å²) in [6.45, 7) is 6.93. The van der Waals surface area contributed by atoms with E-state index in [1.807, 2.05) is 18.2 Å². The zero-order valence-electron chi connectivity index (χ0n) is 12.2. The number of halogens is 1. The Kier molecular flexibility index (Phi) is 6.10. The lowest BCUT2D eigenvalue weighted by molar-refractivity contribution is -0.0404. The van der Waals surface area contributed by atoms with E-state index >= 15 is 0 Å². The van der Waals surface area contributed by atoms with Gasteiger partial charge in [-0.25, -0.2) is 0 Å². The van der Waals surface area contributed by atoms with Crippen molar-refractivity contribution in [2.24, 2.45) is 0 Å². The molecule has 0 aliphatic carbocycles. The van der Waals surface area contributed by atoms with Gasteiger partial charge in [0.05, 0.1) is 11.6 Å². The Balaban J connectivity index is 1.97. The summed E-state index contributed by atoms with van der Waals surface area (Å²) < 4.78 is 11.6. The second-order valence-corrected chi connectivity index (χ2v) is 5.48. The SMILES string of the molecule is CCNCc1cccc(Cl)c1OCC1CN(C)CCO1. The van der Waals surface area contributed by atoms with E-state index in [4.69, 9.17) is 21.1 Å². The third-order valence-electron chi connectivity index (χ3n) is 3.37. The van der Waals surface area contributed by atoms with Crippen LogP contribution >= 0.6 is 11.6 Å². The highest BCUT2D eigenvalue weighted by molar-refractivity contribution is 6.32. The Morgan fingerprint density at radius 2 is 2.35 bits per heavy atom. The average Bonchev–Trinajstić information content (AvgIpc) is 2.44. The third kappa shape index (κ3) is 4.35. The van der Waals surface area contributed by atoms with Crippen LogP contribution in [-0.2, 0) is 11.3 Å². The Bertz CT molecular complexity index is 428. The van der Waals surface area contributed by atoms with Crippen LogP contribution in [0.15, 0.2) is 18.2 Å². The molecule has 1 fully saturated rings. The van der Waals surface area contributed by atoms with E-state index in [0.717, 1.165) is 44.1 Å². The van der Waals surface area contributed by atoms with Crippen molar-refractivity contribution >= 4 is 11.6 Å². The summed E-state index contributed by atoms with van der Waals surface area (Å²) in [5.41, 5.74) is 1.09. The molecule has 2 rings (SSSR count). The molecule has 112 valence electrons. The van der Waals surface area contributed by atoms with Gasteiger partial charge < -0.3 is 19.7 Å². The van der Waals surface area contributed by atoms with Gasteiger partial charge in [-0.15, -0.1) is 0 Å². The number of hydrogen-bond acceptors (Lipinski definition) is 4. The first kappa shape index (κ1) is 15.6. The summed E-state index contributed by atoms with van der Waals surface area (Å²) in [7, 11) is 2.10. The molecule has 0 saturated carbocycles. The van der Waals surface area contributed by atoms with E-state index in [2.05, 4.69) is 24.2 Å². The van der Waals surface area contributed by atoms with Gasteiger partial charge in [-0.3, -0.25) is 0 Å². The van der Waals surface area contributed by atoms with Crippen LogP contribution in [0.5, 0.6) is 5.75 Å². The largest absolute Gasteiger partial charge is 0.489 e. The van der Waals surface area contributed by atoms with Crippen molar-refractivity contribution in [3.63, 3.8) is 0 Å². The van der Waals surface area contributed by atoms with Crippen LogP contribution in [0.4, 0.5) is 0 Å². The van der Waals surface area contributed by atoms with Gasteiger partial charge in [0.15, 0.2) is 0 Å². The molecule has 1 aliphatic rings. The normalized spacial score (nSPS) is 20.1. The van der Waals surface area contributed by atoms with Crippen LogP contribution in [0.25, 0.3) is 0 Å². The lowest BCUT2D eigenvalue weighted by atomic mass is 10.2. The third-order valence-corrected chi connectivity index (χ3v) is 3.67. The standard InChI is InChI=1S/C15H23ClN2O2/c1-3-17-9-12-5-4-6-14(16)15(12)20-11-13-10-18(2)7-8-19-13/h4-6,13,17H,3,7-11H2,1-2H3. The number of hydrogen-bond donors (Lipinski definition) is 1. The summed E-state index contributed by atoms with van der Waals surface area (Å²) >= 11 is 6.25. The summed E-state index contributed by atoms with van der Waals surface area (Å²) in [4.78, 5) is 2.25. The molecule has 1 aliphatic heterocycles. The van der Waals surface area contributed by atoms with Gasteiger partial charge in [0.2, 0.25) is 0 Å². The van der Waals surface area contributed by atoms with Crippen molar-refractivity contribution in [2.45, 2.75) is 19.6 Å². The monoisotopic (exact) mass is 298 g/mol. The second kappa shape index (κ2) is 7.84. The highest BCUT2D eigenvalue weighted by atomic mass is 35.5. The maximum atomic E-state index is 6.25. The molecule has 20 heavy (non-hydrogen) atoms. The molecule has 0 radical (unpaired) electrons. The lowest BCUT2D eigenvalue weighted by Gasteiger charge is -2.30. The van der Waals surface area contributed by atoms with Crippen LogP contribution in [0, 0.1) is 0 Å². The number of ether oxygens (including phenoxy) is 2. The summed E-state index contributed by atoms with van der Waals surface area (Å²) in [5.74, 6) is 0.770. The average molecular weight is 299 g/mol. The minimum atomic E-state index is 0.108. The van der Waals surface area contributed by atoms with E-state index < -0.39 is 0 Å². The van der Waals surface area contributed by atoms with Crippen molar-refractivity contribution in [3.8, 4) is 5.75 Å². The molecule has 1 aromatic rings. The molecule has 0 aromatic heterocycles. The Labute approximate surface area is 126 Å². The van der Waals surface area contributed by atoms with Crippen LogP contribution in [0.2, 0.25) is 5.02 Å². The van der Waals surface area contributed by atoms with Crippen molar-refractivity contribution in [1.82, 2.24) is 10.2 Å². The van der Waals surface area contributed by atoms with E-state index in [9.17, 15) is 0 Å². The quantitative estimate of drug-likeness (QED) is 0.873. The van der Waals surface area contributed by atoms with Crippen LogP contribution in [0.1, 0.15) is 12.5 Å². The van der Waals surface area contributed by atoms with Gasteiger partial charge in [-0.05, 0) is 19.7 Å². The number of likely N-dealkylation sites (N-methyl/N-ethyl adjacent to an activating group) is 1. The fraction of sp³-hybridized carbons (Fsp3) is 0.600. The van der Waals surface area contributed by atoms with Crippen molar-refractivity contribution in [3.05, 3.63) is 28.8 Å². The van der Waals surface area contributed by atoms with E-state index in [0.29, 0.717) is 11.6 Å². The maximum Gasteiger partial charge on any atom is 0.142 e. The molecule has 1 N–H and O–H groups in total. The molecule has 5 heteroatoms. The topological polar surface area (TPSA) is 33.7 Å². The zero-order valence-corrected chi connectivity index (χ0v) is 12.9. The van der Waals surface area contributed by atoms with Gasteiger partial charge in [0.25, 0.3) is 0 Å². The van der Waals surface area contributed by atoms with Gasteiger partial charge in [0, 0.05) is 25.2 Å². The molecule has 1 unspecified atom stereocenters. The highest BCUT2D eigenvalue weighted by Gasteiger charge is 2.19. The molecule has 0 amide bonds. The summed E-state index contributed by atoms with van der Waals surface area (Å²) in [6, 6.07) is 5.85. The van der Waals surface area contributed by atoms with Crippen molar-refractivity contribution < 1.29 is 9.47 Å². The predicted molar refractivity (Wildman–Crippen MR) is 81.6 cm³/mol. The first-order valence-electron chi connectivity index (χ1n) is 7.11. The maximum absolute atomic E-state index is 6.25. The predicted octanol–water partition coefficient (Wildman–Crippen LogP) is 2.16. The van der Waals surface area contributed by atoms with E-state index in [1.54, 1.807) is 0 Å². The number of benzene rings is 1. The van der Waals surface area contributed by atoms with E-state index in [1.165, 1.54) is 0 Å². The van der Waals surface area contributed by atoms with Gasteiger partial charge in [-0.1, -0.05) is 30.7 Å².